The summed E-state index contributed by atoms with van der Waals surface area (Å²) in [5.74, 6) is 0.238. The number of nitrogens with zero attached hydrogens (tertiary/aromatic N) is 2. The largest absolute Gasteiger partial charge is 0.444 e. The fraction of sp³-hybridized carbons (Fsp3) is 0.611. The second kappa shape index (κ2) is 8.69. The quantitative estimate of drug-likeness (QED) is 0.876. The van der Waals surface area contributed by atoms with Gasteiger partial charge in [-0.1, -0.05) is 6.07 Å². The molecule has 0 spiro atoms. The molecule has 2 N–H and O–H groups in total. The van der Waals surface area contributed by atoms with E-state index in [1.54, 1.807) is 11.1 Å². The maximum Gasteiger partial charge on any atom is 0.407 e. The van der Waals surface area contributed by atoms with Crippen molar-refractivity contribution in [3.8, 4) is 0 Å². The molecule has 1 atom stereocenters. The van der Waals surface area contributed by atoms with Crippen LogP contribution in [0.4, 0.5) is 9.59 Å². The Kier molecular flexibility index (Phi) is 6.61. The van der Waals surface area contributed by atoms with Crippen LogP contribution in [0.2, 0.25) is 0 Å². The number of piperidine rings is 1. The highest BCUT2D eigenvalue weighted by Crippen LogP contribution is 2.16. The van der Waals surface area contributed by atoms with Crippen LogP contribution in [-0.2, 0) is 11.3 Å². The first-order chi connectivity index (χ1) is 11.8. The van der Waals surface area contributed by atoms with E-state index in [2.05, 4.69) is 15.6 Å². The molecule has 1 fully saturated rings. The molecule has 25 heavy (non-hydrogen) atoms. The summed E-state index contributed by atoms with van der Waals surface area (Å²) in [6.07, 6.45) is 3.21. The van der Waals surface area contributed by atoms with Crippen molar-refractivity contribution in [2.75, 3.05) is 19.6 Å². The van der Waals surface area contributed by atoms with E-state index in [-0.39, 0.29) is 11.9 Å². The lowest BCUT2D eigenvalue weighted by Crippen LogP contribution is -2.47. The number of amides is 3. The smallest absolute Gasteiger partial charge is 0.407 e. The number of rotatable bonds is 4. The maximum absolute atomic E-state index is 12.3. The average molecular weight is 348 g/mol. The molecule has 1 aliphatic rings. The summed E-state index contributed by atoms with van der Waals surface area (Å²) in [4.78, 5) is 30.1. The van der Waals surface area contributed by atoms with Crippen LogP contribution in [0.25, 0.3) is 0 Å². The van der Waals surface area contributed by atoms with Gasteiger partial charge in [0, 0.05) is 25.8 Å². The lowest BCUT2D eigenvalue weighted by atomic mass is 9.98. The van der Waals surface area contributed by atoms with Crippen molar-refractivity contribution in [2.24, 2.45) is 5.92 Å². The summed E-state index contributed by atoms with van der Waals surface area (Å²) >= 11 is 0. The monoisotopic (exact) mass is 348 g/mol. The molecule has 1 aromatic rings. The normalized spacial score (nSPS) is 17.7. The highest BCUT2D eigenvalue weighted by Gasteiger charge is 2.24. The van der Waals surface area contributed by atoms with Crippen molar-refractivity contribution in [3.63, 3.8) is 0 Å². The van der Waals surface area contributed by atoms with Crippen LogP contribution in [0.15, 0.2) is 24.4 Å². The number of aromatic nitrogens is 1. The standard InChI is InChI=1S/C18H28N4O3/c1-18(2,3)25-17(24)21-11-14-7-6-10-22(13-14)16(23)20-12-15-8-4-5-9-19-15/h4-5,8-9,14H,6-7,10-13H2,1-3H3,(H,20,23)(H,21,24)/t14-/m1/s1. The van der Waals surface area contributed by atoms with Gasteiger partial charge in [0.25, 0.3) is 0 Å². The van der Waals surface area contributed by atoms with Gasteiger partial charge in [-0.05, 0) is 51.7 Å². The number of ether oxygens (including phenoxy) is 1. The molecule has 1 saturated heterocycles. The van der Waals surface area contributed by atoms with Gasteiger partial charge in [0.2, 0.25) is 0 Å². The Morgan fingerprint density at radius 1 is 1.32 bits per heavy atom. The lowest BCUT2D eigenvalue weighted by Gasteiger charge is -2.33. The van der Waals surface area contributed by atoms with Gasteiger partial charge in [0.15, 0.2) is 0 Å². The Morgan fingerprint density at radius 2 is 2.12 bits per heavy atom. The Labute approximate surface area is 149 Å². The zero-order valence-corrected chi connectivity index (χ0v) is 15.2. The Morgan fingerprint density at radius 3 is 2.80 bits per heavy atom. The molecule has 0 unspecified atom stereocenters. The summed E-state index contributed by atoms with van der Waals surface area (Å²) in [5, 5.41) is 5.69. The lowest BCUT2D eigenvalue weighted by molar-refractivity contribution is 0.0511. The summed E-state index contributed by atoms with van der Waals surface area (Å²) in [5.41, 5.74) is 0.324. The van der Waals surface area contributed by atoms with E-state index in [4.69, 9.17) is 4.74 Å². The molecule has 2 rings (SSSR count). The third-order valence-electron chi connectivity index (χ3n) is 3.89. The Hall–Kier alpha value is -2.31. The van der Waals surface area contributed by atoms with Crippen molar-refractivity contribution in [2.45, 2.75) is 45.8 Å². The van der Waals surface area contributed by atoms with Crippen molar-refractivity contribution < 1.29 is 14.3 Å². The van der Waals surface area contributed by atoms with Gasteiger partial charge in [-0.3, -0.25) is 4.98 Å². The van der Waals surface area contributed by atoms with E-state index in [0.717, 1.165) is 25.1 Å². The van der Waals surface area contributed by atoms with Crippen LogP contribution < -0.4 is 10.6 Å². The van der Waals surface area contributed by atoms with Crippen molar-refractivity contribution in [1.82, 2.24) is 20.5 Å². The zero-order valence-electron chi connectivity index (χ0n) is 15.2. The zero-order chi connectivity index (χ0) is 18.3. The predicted molar refractivity (Wildman–Crippen MR) is 95.0 cm³/mol. The molecule has 3 amide bonds. The van der Waals surface area contributed by atoms with E-state index >= 15 is 0 Å². The molecule has 0 radical (unpaired) electrons. The fourth-order valence-corrected chi connectivity index (χ4v) is 2.74. The first-order valence-corrected chi connectivity index (χ1v) is 8.73. The molecule has 1 aromatic heterocycles. The third kappa shape index (κ3) is 6.99. The van der Waals surface area contributed by atoms with Crippen molar-refractivity contribution in [3.05, 3.63) is 30.1 Å². The molecule has 0 aliphatic carbocycles. The van der Waals surface area contributed by atoms with Crippen molar-refractivity contribution >= 4 is 12.1 Å². The highest BCUT2D eigenvalue weighted by molar-refractivity contribution is 5.74. The molecule has 2 heterocycles. The number of alkyl carbamates (subject to hydrolysis) is 1. The van der Waals surface area contributed by atoms with Crippen LogP contribution in [0.5, 0.6) is 0 Å². The second-order valence-electron chi connectivity index (χ2n) is 7.32. The summed E-state index contributed by atoms with van der Waals surface area (Å²) in [7, 11) is 0. The molecule has 0 aromatic carbocycles. The van der Waals surface area contributed by atoms with Gasteiger partial charge in [0.1, 0.15) is 5.60 Å². The molecule has 138 valence electrons. The first kappa shape index (κ1) is 19.0. The summed E-state index contributed by atoms with van der Waals surface area (Å²) < 4.78 is 5.24. The van der Waals surface area contributed by atoms with E-state index in [1.165, 1.54) is 0 Å². The number of hydrogen-bond donors (Lipinski definition) is 2. The number of hydrogen-bond acceptors (Lipinski definition) is 4. The minimum absolute atomic E-state index is 0.0902. The number of carbonyl (C=O) groups excluding carboxylic acids is 2. The average Bonchev–Trinajstić information content (AvgIpc) is 2.57. The molecule has 0 saturated carbocycles. The van der Waals surface area contributed by atoms with Gasteiger partial charge in [-0.25, -0.2) is 9.59 Å². The molecule has 0 bridgehead atoms. The van der Waals surface area contributed by atoms with E-state index in [9.17, 15) is 9.59 Å². The number of nitrogens with one attached hydrogen (secondary N) is 2. The summed E-state index contributed by atoms with van der Waals surface area (Å²) in [6.45, 7) is 7.79. The minimum Gasteiger partial charge on any atom is -0.444 e. The highest BCUT2D eigenvalue weighted by atomic mass is 16.6. The minimum atomic E-state index is -0.506. The van der Waals surface area contributed by atoms with Crippen molar-refractivity contribution in [1.29, 1.82) is 0 Å². The third-order valence-corrected chi connectivity index (χ3v) is 3.89. The van der Waals surface area contributed by atoms with Gasteiger partial charge < -0.3 is 20.3 Å². The van der Waals surface area contributed by atoms with Gasteiger partial charge in [-0.2, -0.15) is 0 Å². The van der Waals surface area contributed by atoms with E-state index in [1.807, 2.05) is 39.0 Å². The number of urea groups is 1. The van der Waals surface area contributed by atoms with Crippen LogP contribution in [0.3, 0.4) is 0 Å². The number of carbonyl (C=O) groups is 2. The van der Waals surface area contributed by atoms with Crippen LogP contribution in [-0.4, -0.2) is 47.2 Å². The molecular formula is C18H28N4O3. The second-order valence-corrected chi connectivity index (χ2v) is 7.32. The van der Waals surface area contributed by atoms with Crippen LogP contribution in [0, 0.1) is 5.92 Å². The first-order valence-electron chi connectivity index (χ1n) is 8.73. The van der Waals surface area contributed by atoms with Crippen LogP contribution >= 0.6 is 0 Å². The molecule has 7 nitrogen and oxygen atoms in total. The summed E-state index contributed by atoms with van der Waals surface area (Å²) in [6, 6.07) is 5.53. The van der Waals surface area contributed by atoms with Gasteiger partial charge in [-0.15, -0.1) is 0 Å². The maximum atomic E-state index is 12.3. The fourth-order valence-electron chi connectivity index (χ4n) is 2.74. The van der Waals surface area contributed by atoms with Gasteiger partial charge in [0.05, 0.1) is 12.2 Å². The number of likely N-dealkylation sites (tertiary alicyclic amines) is 1. The van der Waals surface area contributed by atoms with E-state index < -0.39 is 11.7 Å². The molecule has 1 aliphatic heterocycles. The Bertz CT molecular complexity index is 571. The number of pyridine rings is 1. The molecule has 7 heteroatoms. The van der Waals surface area contributed by atoms with Gasteiger partial charge >= 0.3 is 12.1 Å². The SMILES string of the molecule is CC(C)(C)OC(=O)NC[C@H]1CCCN(C(=O)NCc2ccccn2)C1. The van der Waals surface area contributed by atoms with E-state index in [0.29, 0.717) is 19.6 Å². The topological polar surface area (TPSA) is 83.6 Å². The molecular weight excluding hydrogens is 320 g/mol. The predicted octanol–water partition coefficient (Wildman–Crippen LogP) is 2.53. The Balaban J connectivity index is 1.74. The van der Waals surface area contributed by atoms with Crippen LogP contribution in [0.1, 0.15) is 39.3 Å².